The Labute approximate surface area is 203 Å². The first-order valence-electron chi connectivity index (χ1n) is 12.3. The monoisotopic (exact) mass is 482 g/mol. The molecule has 1 aliphatic heterocycles. The summed E-state index contributed by atoms with van der Waals surface area (Å²) in [6.07, 6.45) is 5.63. The molecule has 1 saturated heterocycles. The minimum Gasteiger partial charge on any atom is -0.479 e. The molecule has 1 atom stereocenters. The molecule has 0 unspecified atom stereocenters. The van der Waals surface area contributed by atoms with E-state index in [1.807, 2.05) is 0 Å². The van der Waals surface area contributed by atoms with E-state index in [9.17, 15) is 24.3 Å². The third-order valence-electron chi connectivity index (χ3n) is 6.28. The van der Waals surface area contributed by atoms with Crippen molar-refractivity contribution in [3.05, 3.63) is 0 Å². The average molecular weight is 483 g/mol. The Morgan fingerprint density at radius 2 is 1.35 bits per heavy atom. The van der Waals surface area contributed by atoms with Crippen molar-refractivity contribution in [3.8, 4) is 0 Å². The molecule has 0 aromatic heterocycles. The third-order valence-corrected chi connectivity index (χ3v) is 6.28. The number of hydrogen-bond acceptors (Lipinski definition) is 7. The molecule has 9 heteroatoms. The van der Waals surface area contributed by atoms with Gasteiger partial charge in [0.25, 0.3) is 0 Å². The average Bonchev–Trinajstić information content (AvgIpc) is 3.12. The fraction of sp³-hybridized carbons (Fsp3) is 0.840. The maximum absolute atomic E-state index is 13.5. The summed E-state index contributed by atoms with van der Waals surface area (Å²) in [6, 6.07) is 0. The zero-order chi connectivity index (χ0) is 25.7. The summed E-state index contributed by atoms with van der Waals surface area (Å²) < 4.78 is 10.8. The smallest absolute Gasteiger partial charge is 0.329 e. The van der Waals surface area contributed by atoms with E-state index in [4.69, 9.17) is 9.47 Å². The number of aliphatic carboxylic acids is 1. The van der Waals surface area contributed by atoms with E-state index >= 15 is 0 Å². The Morgan fingerprint density at radius 1 is 0.853 bits per heavy atom. The van der Waals surface area contributed by atoms with Crippen LogP contribution in [0.2, 0.25) is 0 Å². The molecular weight excluding hydrogens is 440 g/mol. The Bertz CT molecular complexity index is 732. The predicted octanol–water partition coefficient (Wildman–Crippen LogP) is 3.00. The lowest BCUT2D eigenvalue weighted by molar-refractivity contribution is -0.165. The van der Waals surface area contributed by atoms with Gasteiger partial charge in [-0.2, -0.15) is 0 Å². The number of hydrogen-bond donors (Lipinski definition) is 1. The van der Waals surface area contributed by atoms with Crippen molar-refractivity contribution in [2.45, 2.75) is 103 Å². The second-order valence-electron chi connectivity index (χ2n) is 11.5. The van der Waals surface area contributed by atoms with Gasteiger partial charge in [0.15, 0.2) is 0 Å². The van der Waals surface area contributed by atoms with Crippen LogP contribution in [0.1, 0.15) is 86.5 Å². The number of carbonyl (C=O) groups is 4. The van der Waals surface area contributed by atoms with Gasteiger partial charge in [0.05, 0.1) is 19.6 Å². The zero-order valence-corrected chi connectivity index (χ0v) is 21.6. The number of carbonyl (C=O) groups excluding carboxylic acids is 3. The second-order valence-corrected chi connectivity index (χ2v) is 11.5. The Hall–Kier alpha value is -2.16. The molecule has 34 heavy (non-hydrogen) atoms. The lowest BCUT2D eigenvalue weighted by atomic mass is 9.73. The maximum atomic E-state index is 13.5. The van der Waals surface area contributed by atoms with Crippen LogP contribution in [0.25, 0.3) is 0 Å². The number of nitrogens with zero attached hydrogens (tertiary/aromatic N) is 2. The molecule has 1 aliphatic carbocycles. The van der Waals surface area contributed by atoms with Crippen LogP contribution in [0.5, 0.6) is 0 Å². The maximum Gasteiger partial charge on any atom is 0.329 e. The fourth-order valence-electron chi connectivity index (χ4n) is 5.15. The van der Waals surface area contributed by atoms with Gasteiger partial charge < -0.3 is 19.5 Å². The molecule has 9 nitrogen and oxygen atoms in total. The van der Waals surface area contributed by atoms with Crippen molar-refractivity contribution in [1.29, 1.82) is 0 Å². The molecule has 0 aromatic rings. The van der Waals surface area contributed by atoms with Gasteiger partial charge in [-0.1, -0.05) is 19.3 Å². The van der Waals surface area contributed by atoms with Crippen molar-refractivity contribution in [2.75, 3.05) is 26.2 Å². The van der Waals surface area contributed by atoms with Crippen LogP contribution in [0.15, 0.2) is 0 Å². The molecule has 194 valence electrons. The highest BCUT2D eigenvalue weighted by Crippen LogP contribution is 2.43. The molecule has 1 N–H and O–H groups in total. The Balaban J connectivity index is 2.21. The van der Waals surface area contributed by atoms with E-state index in [1.54, 1.807) is 41.5 Å². The number of amides is 1. The highest BCUT2D eigenvalue weighted by Gasteiger charge is 2.55. The molecule has 0 bridgehead atoms. The summed E-state index contributed by atoms with van der Waals surface area (Å²) in [5, 5.41) is 10.3. The predicted molar refractivity (Wildman–Crippen MR) is 126 cm³/mol. The summed E-state index contributed by atoms with van der Waals surface area (Å²) in [6.45, 7) is 9.98. The van der Waals surface area contributed by atoms with E-state index in [0.717, 1.165) is 32.1 Å². The van der Waals surface area contributed by atoms with Crippen LogP contribution in [0.4, 0.5) is 0 Å². The van der Waals surface area contributed by atoms with E-state index in [-0.39, 0.29) is 25.6 Å². The number of likely N-dealkylation sites (tertiary alicyclic amines) is 1. The highest BCUT2D eigenvalue weighted by atomic mass is 16.6. The highest BCUT2D eigenvalue weighted by molar-refractivity contribution is 5.89. The van der Waals surface area contributed by atoms with Gasteiger partial charge in [-0.25, -0.2) is 4.79 Å². The summed E-state index contributed by atoms with van der Waals surface area (Å²) in [5.74, 6) is -2.58. The molecule has 2 rings (SSSR count). The molecule has 0 radical (unpaired) electrons. The van der Waals surface area contributed by atoms with Crippen molar-refractivity contribution in [3.63, 3.8) is 0 Å². The first-order valence-corrected chi connectivity index (χ1v) is 12.3. The topological polar surface area (TPSA) is 113 Å². The fourth-order valence-corrected chi connectivity index (χ4v) is 5.15. The van der Waals surface area contributed by atoms with Gasteiger partial charge in [0.2, 0.25) is 5.91 Å². The van der Waals surface area contributed by atoms with Gasteiger partial charge >= 0.3 is 17.9 Å². The van der Waals surface area contributed by atoms with Crippen molar-refractivity contribution >= 4 is 23.8 Å². The SMILES string of the molecule is CC(C)(C)OC(=O)CN(CC(=O)OC(C)(C)C)CC(=O)N1CCC[C@]1(C(=O)O)C1CCCCC1. The van der Waals surface area contributed by atoms with Crippen LogP contribution >= 0.6 is 0 Å². The van der Waals surface area contributed by atoms with Crippen LogP contribution < -0.4 is 0 Å². The first-order chi connectivity index (χ1) is 15.6. The van der Waals surface area contributed by atoms with Gasteiger partial charge in [0, 0.05) is 6.54 Å². The first kappa shape index (κ1) is 28.1. The number of carboxylic acid groups (broad SMARTS) is 1. The Morgan fingerprint density at radius 3 is 1.79 bits per heavy atom. The molecule has 0 aromatic carbocycles. The van der Waals surface area contributed by atoms with Crippen molar-refractivity contribution in [1.82, 2.24) is 9.80 Å². The van der Waals surface area contributed by atoms with E-state index in [0.29, 0.717) is 19.4 Å². The van der Waals surface area contributed by atoms with Crippen molar-refractivity contribution in [2.24, 2.45) is 5.92 Å². The lowest BCUT2D eigenvalue weighted by Gasteiger charge is -2.43. The van der Waals surface area contributed by atoms with Crippen LogP contribution in [0.3, 0.4) is 0 Å². The molecule has 0 spiro atoms. The van der Waals surface area contributed by atoms with Gasteiger partial charge in [-0.15, -0.1) is 0 Å². The molecule has 2 aliphatic rings. The van der Waals surface area contributed by atoms with Crippen LogP contribution in [-0.4, -0.2) is 81.6 Å². The zero-order valence-electron chi connectivity index (χ0n) is 21.6. The minimum absolute atomic E-state index is 0.0876. The molecular formula is C25H42N2O7. The van der Waals surface area contributed by atoms with Crippen LogP contribution in [-0.2, 0) is 28.7 Å². The number of carboxylic acids is 1. The summed E-state index contributed by atoms with van der Waals surface area (Å²) >= 11 is 0. The van der Waals surface area contributed by atoms with Gasteiger partial charge in [-0.3, -0.25) is 19.3 Å². The molecule has 1 saturated carbocycles. The van der Waals surface area contributed by atoms with E-state index < -0.39 is 40.6 Å². The molecule has 1 heterocycles. The summed E-state index contributed by atoms with van der Waals surface area (Å²) in [4.78, 5) is 53.9. The van der Waals surface area contributed by atoms with Crippen LogP contribution in [0, 0.1) is 5.92 Å². The van der Waals surface area contributed by atoms with E-state index in [2.05, 4.69) is 0 Å². The van der Waals surface area contributed by atoms with E-state index in [1.165, 1.54) is 9.80 Å². The minimum atomic E-state index is -1.22. The molecule has 1 amide bonds. The third kappa shape index (κ3) is 7.68. The van der Waals surface area contributed by atoms with Crippen molar-refractivity contribution < 1.29 is 33.8 Å². The number of ether oxygens (including phenoxy) is 2. The summed E-state index contributed by atoms with van der Waals surface area (Å²) in [7, 11) is 0. The summed E-state index contributed by atoms with van der Waals surface area (Å²) in [5.41, 5.74) is -2.65. The largest absolute Gasteiger partial charge is 0.479 e. The number of esters is 2. The van der Waals surface area contributed by atoms with Gasteiger partial charge in [0.1, 0.15) is 16.7 Å². The molecule has 2 fully saturated rings. The van der Waals surface area contributed by atoms with Gasteiger partial charge in [-0.05, 0) is 73.1 Å². The second kappa shape index (κ2) is 11.1. The lowest BCUT2D eigenvalue weighted by Crippen LogP contribution is -2.60. The standard InChI is InChI=1S/C25H42N2O7/c1-23(2,3)33-20(29)16-26(17-21(30)34-24(4,5)6)15-19(28)27-14-10-13-25(27,22(31)32)18-11-8-7-9-12-18/h18H,7-17H2,1-6H3,(H,31,32)/t25-/m1/s1. The Kier molecular flexibility index (Phi) is 9.13. The quantitative estimate of drug-likeness (QED) is 0.525. The normalized spacial score (nSPS) is 22.0. The number of rotatable bonds is 8.